The predicted octanol–water partition coefficient (Wildman–Crippen LogP) is 2.79. The smallest absolute Gasteiger partial charge is 0.258 e. The SMILES string of the molecule is COc1cccc(C(=O)N(CCCl)C(C)C)c1OC. The van der Waals surface area contributed by atoms with Crippen LogP contribution in [-0.2, 0) is 0 Å². The molecule has 19 heavy (non-hydrogen) atoms. The lowest BCUT2D eigenvalue weighted by Gasteiger charge is -2.26. The average molecular weight is 286 g/mol. The van der Waals surface area contributed by atoms with E-state index >= 15 is 0 Å². The Balaban J connectivity index is 3.17. The number of carbonyl (C=O) groups is 1. The molecular formula is C14H20ClNO3. The first-order chi connectivity index (χ1) is 9.06. The van der Waals surface area contributed by atoms with Crippen molar-refractivity contribution in [1.29, 1.82) is 0 Å². The lowest BCUT2D eigenvalue weighted by Crippen LogP contribution is -2.38. The molecule has 0 heterocycles. The van der Waals surface area contributed by atoms with Gasteiger partial charge in [0.25, 0.3) is 5.91 Å². The van der Waals surface area contributed by atoms with Gasteiger partial charge in [-0.25, -0.2) is 0 Å². The van der Waals surface area contributed by atoms with E-state index in [2.05, 4.69) is 0 Å². The maximum atomic E-state index is 12.6. The fourth-order valence-corrected chi connectivity index (χ4v) is 2.08. The number of rotatable bonds is 6. The summed E-state index contributed by atoms with van der Waals surface area (Å²) in [6.07, 6.45) is 0. The Morgan fingerprint density at radius 2 is 2.00 bits per heavy atom. The number of carbonyl (C=O) groups excluding carboxylic acids is 1. The van der Waals surface area contributed by atoms with Crippen molar-refractivity contribution < 1.29 is 14.3 Å². The Morgan fingerprint density at radius 1 is 1.32 bits per heavy atom. The van der Waals surface area contributed by atoms with E-state index in [1.54, 1.807) is 30.2 Å². The second-order valence-corrected chi connectivity index (χ2v) is 4.70. The summed E-state index contributed by atoms with van der Waals surface area (Å²) in [4.78, 5) is 14.3. The minimum Gasteiger partial charge on any atom is -0.493 e. The number of alkyl halides is 1. The summed E-state index contributed by atoms with van der Waals surface area (Å²) in [6, 6.07) is 5.33. The summed E-state index contributed by atoms with van der Waals surface area (Å²) < 4.78 is 10.5. The molecule has 0 aliphatic heterocycles. The van der Waals surface area contributed by atoms with Crippen molar-refractivity contribution in [1.82, 2.24) is 4.90 Å². The highest BCUT2D eigenvalue weighted by molar-refractivity contribution is 6.18. The zero-order valence-corrected chi connectivity index (χ0v) is 12.5. The molecular weight excluding hydrogens is 266 g/mol. The van der Waals surface area contributed by atoms with Crippen LogP contribution in [0.4, 0.5) is 0 Å². The Bertz CT molecular complexity index is 435. The molecule has 0 saturated carbocycles. The molecule has 0 aromatic heterocycles. The predicted molar refractivity (Wildman–Crippen MR) is 76.4 cm³/mol. The number of nitrogens with zero attached hydrogens (tertiary/aromatic N) is 1. The average Bonchev–Trinajstić information content (AvgIpc) is 2.42. The number of halogens is 1. The van der Waals surface area contributed by atoms with Gasteiger partial charge in [-0.05, 0) is 26.0 Å². The number of methoxy groups -OCH3 is 2. The standard InChI is InChI=1S/C14H20ClNO3/c1-10(2)16(9-8-15)14(17)11-6-5-7-12(18-3)13(11)19-4/h5-7,10H,8-9H2,1-4H3. The molecule has 0 saturated heterocycles. The molecule has 0 aliphatic rings. The Hall–Kier alpha value is -1.42. The van der Waals surface area contributed by atoms with Crippen LogP contribution in [0, 0.1) is 0 Å². The van der Waals surface area contributed by atoms with E-state index in [1.165, 1.54) is 7.11 Å². The molecule has 4 nitrogen and oxygen atoms in total. The summed E-state index contributed by atoms with van der Waals surface area (Å²) in [7, 11) is 3.07. The maximum Gasteiger partial charge on any atom is 0.258 e. The van der Waals surface area contributed by atoms with Crippen LogP contribution < -0.4 is 9.47 Å². The zero-order chi connectivity index (χ0) is 14.4. The van der Waals surface area contributed by atoms with Crippen LogP contribution in [0.1, 0.15) is 24.2 Å². The van der Waals surface area contributed by atoms with Gasteiger partial charge < -0.3 is 14.4 Å². The lowest BCUT2D eigenvalue weighted by molar-refractivity contribution is 0.0714. The molecule has 5 heteroatoms. The summed E-state index contributed by atoms with van der Waals surface area (Å²) in [5, 5.41) is 0. The minimum atomic E-state index is -0.105. The Kier molecular flexibility index (Phi) is 5.96. The second kappa shape index (κ2) is 7.24. The quantitative estimate of drug-likeness (QED) is 0.755. The molecule has 0 bridgehead atoms. The van der Waals surface area contributed by atoms with Gasteiger partial charge in [-0.2, -0.15) is 0 Å². The van der Waals surface area contributed by atoms with Gasteiger partial charge in [0, 0.05) is 18.5 Å². The van der Waals surface area contributed by atoms with Gasteiger partial charge >= 0.3 is 0 Å². The monoisotopic (exact) mass is 285 g/mol. The number of para-hydroxylation sites is 1. The van der Waals surface area contributed by atoms with Crippen molar-refractivity contribution in [3.8, 4) is 11.5 Å². The lowest BCUT2D eigenvalue weighted by atomic mass is 10.1. The Labute approximate surface area is 119 Å². The topological polar surface area (TPSA) is 38.8 Å². The molecule has 0 atom stereocenters. The van der Waals surface area contributed by atoms with Crippen molar-refractivity contribution in [2.45, 2.75) is 19.9 Å². The van der Waals surface area contributed by atoms with Crippen LogP contribution in [0.2, 0.25) is 0 Å². The van der Waals surface area contributed by atoms with Crippen molar-refractivity contribution in [2.24, 2.45) is 0 Å². The van der Waals surface area contributed by atoms with Gasteiger partial charge in [0.15, 0.2) is 11.5 Å². The van der Waals surface area contributed by atoms with Crippen molar-refractivity contribution >= 4 is 17.5 Å². The van der Waals surface area contributed by atoms with Crippen molar-refractivity contribution in [2.75, 3.05) is 26.6 Å². The van der Waals surface area contributed by atoms with Gasteiger partial charge in [0.2, 0.25) is 0 Å². The first-order valence-electron chi connectivity index (χ1n) is 6.14. The van der Waals surface area contributed by atoms with Crippen LogP contribution in [0.3, 0.4) is 0 Å². The number of benzene rings is 1. The third-order valence-electron chi connectivity index (χ3n) is 2.84. The van der Waals surface area contributed by atoms with E-state index in [0.717, 1.165) is 0 Å². The molecule has 0 radical (unpaired) electrons. The molecule has 0 spiro atoms. The number of hydrogen-bond acceptors (Lipinski definition) is 3. The van der Waals surface area contributed by atoms with Gasteiger partial charge in [-0.15, -0.1) is 11.6 Å². The summed E-state index contributed by atoms with van der Waals surface area (Å²) in [5.74, 6) is 1.29. The van der Waals surface area contributed by atoms with E-state index in [9.17, 15) is 4.79 Å². The maximum absolute atomic E-state index is 12.6. The summed E-state index contributed by atoms with van der Waals surface area (Å²) >= 11 is 5.75. The van der Waals surface area contributed by atoms with Crippen LogP contribution in [0.5, 0.6) is 11.5 Å². The third kappa shape index (κ3) is 3.53. The van der Waals surface area contributed by atoms with Crippen LogP contribution >= 0.6 is 11.6 Å². The van der Waals surface area contributed by atoms with Crippen LogP contribution in [-0.4, -0.2) is 43.5 Å². The van der Waals surface area contributed by atoms with Crippen molar-refractivity contribution in [3.05, 3.63) is 23.8 Å². The first kappa shape index (κ1) is 15.6. The van der Waals surface area contributed by atoms with Gasteiger partial charge in [0.1, 0.15) is 0 Å². The van der Waals surface area contributed by atoms with Crippen LogP contribution in [0.15, 0.2) is 18.2 Å². The van der Waals surface area contributed by atoms with E-state index in [-0.39, 0.29) is 11.9 Å². The zero-order valence-electron chi connectivity index (χ0n) is 11.8. The largest absolute Gasteiger partial charge is 0.493 e. The van der Waals surface area contributed by atoms with Gasteiger partial charge in [-0.1, -0.05) is 6.07 Å². The molecule has 1 aromatic carbocycles. The molecule has 1 amide bonds. The first-order valence-corrected chi connectivity index (χ1v) is 6.68. The number of amides is 1. The van der Waals surface area contributed by atoms with E-state index in [0.29, 0.717) is 29.5 Å². The highest BCUT2D eigenvalue weighted by Gasteiger charge is 2.23. The molecule has 0 aliphatic carbocycles. The molecule has 1 rings (SSSR count). The highest BCUT2D eigenvalue weighted by Crippen LogP contribution is 2.31. The van der Waals surface area contributed by atoms with E-state index in [4.69, 9.17) is 21.1 Å². The molecule has 0 fully saturated rings. The molecule has 106 valence electrons. The van der Waals surface area contributed by atoms with Crippen LogP contribution in [0.25, 0.3) is 0 Å². The number of hydrogen-bond donors (Lipinski definition) is 0. The van der Waals surface area contributed by atoms with E-state index < -0.39 is 0 Å². The Morgan fingerprint density at radius 3 is 2.47 bits per heavy atom. The van der Waals surface area contributed by atoms with Gasteiger partial charge in [0.05, 0.1) is 19.8 Å². The van der Waals surface area contributed by atoms with E-state index in [1.807, 2.05) is 13.8 Å². The molecule has 0 unspecified atom stereocenters. The van der Waals surface area contributed by atoms with Crippen molar-refractivity contribution in [3.63, 3.8) is 0 Å². The molecule has 1 aromatic rings. The fourth-order valence-electron chi connectivity index (χ4n) is 1.90. The summed E-state index contributed by atoms with van der Waals surface area (Å²) in [6.45, 7) is 4.41. The third-order valence-corrected chi connectivity index (χ3v) is 3.01. The number of ether oxygens (including phenoxy) is 2. The second-order valence-electron chi connectivity index (χ2n) is 4.32. The highest BCUT2D eigenvalue weighted by atomic mass is 35.5. The summed E-state index contributed by atoms with van der Waals surface area (Å²) in [5.41, 5.74) is 0.487. The fraction of sp³-hybridized carbons (Fsp3) is 0.500. The molecule has 0 N–H and O–H groups in total. The minimum absolute atomic E-state index is 0.0714. The normalized spacial score (nSPS) is 10.4. The van der Waals surface area contributed by atoms with Gasteiger partial charge in [-0.3, -0.25) is 4.79 Å².